The van der Waals surface area contributed by atoms with Gasteiger partial charge in [-0.15, -0.1) is 0 Å². The molecule has 7 nitrogen and oxygen atoms in total. The van der Waals surface area contributed by atoms with E-state index in [1.54, 1.807) is 30.6 Å². The number of carbonyl (C=O) groups excluding carboxylic acids is 1. The molecule has 0 bridgehead atoms. The first kappa shape index (κ1) is 21.8. The molecule has 1 fully saturated rings. The van der Waals surface area contributed by atoms with Crippen LogP contribution in [0, 0.1) is 0 Å². The van der Waals surface area contributed by atoms with Crippen molar-refractivity contribution in [3.63, 3.8) is 0 Å². The van der Waals surface area contributed by atoms with E-state index in [0.29, 0.717) is 16.3 Å². The Balaban J connectivity index is 1.60. The third-order valence-electron chi connectivity index (χ3n) is 4.74. The third kappa shape index (κ3) is 5.44. The average Bonchev–Trinajstić information content (AvgIpc) is 3.53. The van der Waals surface area contributed by atoms with Crippen molar-refractivity contribution < 1.29 is 22.7 Å². The zero-order valence-corrected chi connectivity index (χ0v) is 17.2. The predicted octanol–water partition coefficient (Wildman–Crippen LogP) is 4.77. The topological polar surface area (TPSA) is 89.0 Å². The molecule has 0 saturated heterocycles. The molecule has 1 aromatic heterocycles. The first-order valence-corrected chi connectivity index (χ1v) is 9.88. The number of hydrogen-bond donors (Lipinski definition) is 2. The Labute approximate surface area is 186 Å². The molecular weight excluding hydrogens is 447 g/mol. The number of halogens is 4. The van der Waals surface area contributed by atoms with Crippen LogP contribution in [-0.2, 0) is 10.3 Å². The van der Waals surface area contributed by atoms with Crippen molar-refractivity contribution in [1.29, 1.82) is 0 Å². The molecular formula is C21H16ClF3N5O2. The number of anilines is 3. The molecule has 2 N–H and O–H groups in total. The number of rotatable bonds is 8. The van der Waals surface area contributed by atoms with E-state index >= 15 is 0 Å². The number of aromatic nitrogens is 3. The van der Waals surface area contributed by atoms with Gasteiger partial charge in [-0.25, -0.2) is 0 Å². The summed E-state index contributed by atoms with van der Waals surface area (Å²) in [7, 11) is 0. The van der Waals surface area contributed by atoms with Crippen LogP contribution in [-0.4, -0.2) is 34.0 Å². The molecule has 0 amide bonds. The SMILES string of the molecule is O=[C]c1ccc(Nc2nc(NC3(c4ccc(Cl)cc4)CC3)nc(OCC(F)(F)F)n2)cc1. The highest BCUT2D eigenvalue weighted by Crippen LogP contribution is 2.48. The Morgan fingerprint density at radius 3 is 2.25 bits per heavy atom. The fourth-order valence-electron chi connectivity index (χ4n) is 3.02. The van der Waals surface area contributed by atoms with E-state index in [-0.39, 0.29) is 11.9 Å². The summed E-state index contributed by atoms with van der Waals surface area (Å²) in [4.78, 5) is 22.9. The number of nitrogens with zero attached hydrogens (tertiary/aromatic N) is 3. The summed E-state index contributed by atoms with van der Waals surface area (Å²) in [6.07, 6.45) is -1.22. The highest BCUT2D eigenvalue weighted by molar-refractivity contribution is 6.30. The minimum Gasteiger partial charge on any atom is -0.454 e. The van der Waals surface area contributed by atoms with Gasteiger partial charge < -0.3 is 15.4 Å². The lowest BCUT2D eigenvalue weighted by atomic mass is 10.1. The van der Waals surface area contributed by atoms with Gasteiger partial charge in [0, 0.05) is 16.3 Å². The van der Waals surface area contributed by atoms with Crippen LogP contribution in [0.25, 0.3) is 0 Å². The van der Waals surface area contributed by atoms with E-state index in [0.717, 1.165) is 18.4 Å². The second-order valence-corrected chi connectivity index (χ2v) is 7.62. The molecule has 1 aliphatic carbocycles. The number of benzene rings is 2. The molecule has 165 valence electrons. The number of hydrogen-bond acceptors (Lipinski definition) is 7. The van der Waals surface area contributed by atoms with Gasteiger partial charge >= 0.3 is 12.2 Å². The summed E-state index contributed by atoms with van der Waals surface area (Å²) >= 11 is 5.96. The molecule has 1 aliphatic rings. The Morgan fingerprint density at radius 2 is 1.66 bits per heavy atom. The van der Waals surface area contributed by atoms with E-state index in [1.807, 2.05) is 12.1 Å². The molecule has 0 aliphatic heterocycles. The van der Waals surface area contributed by atoms with Crippen LogP contribution in [0.15, 0.2) is 48.5 Å². The Hall–Kier alpha value is -3.40. The maximum absolute atomic E-state index is 12.6. The predicted molar refractivity (Wildman–Crippen MR) is 112 cm³/mol. The standard InChI is InChI=1S/C21H16ClF3N5O2/c22-15-5-3-14(4-6-15)20(9-10-20)30-18-27-17(26-16-7-1-13(11-31)2-8-16)28-19(29-18)32-12-21(23,24)25/h1-8H,9-10,12H2,(H2,26,27,28,29,30). The van der Waals surface area contributed by atoms with Gasteiger partial charge in [0.15, 0.2) is 6.61 Å². The largest absolute Gasteiger partial charge is 0.454 e. The fourth-order valence-corrected chi connectivity index (χ4v) is 3.15. The summed E-state index contributed by atoms with van der Waals surface area (Å²) in [6, 6.07) is 13.0. The normalized spacial score (nSPS) is 14.5. The molecule has 0 unspecified atom stereocenters. The summed E-state index contributed by atoms with van der Waals surface area (Å²) in [5.74, 6) is 0.0411. The Kier molecular flexibility index (Phi) is 5.88. The van der Waals surface area contributed by atoms with Crippen LogP contribution in [0.3, 0.4) is 0 Å². The van der Waals surface area contributed by atoms with Gasteiger partial charge in [-0.3, -0.25) is 4.79 Å². The van der Waals surface area contributed by atoms with Crippen molar-refractivity contribution >= 4 is 35.5 Å². The summed E-state index contributed by atoms with van der Waals surface area (Å²) < 4.78 is 42.6. The van der Waals surface area contributed by atoms with Crippen molar-refractivity contribution in [3.8, 4) is 6.01 Å². The van der Waals surface area contributed by atoms with Crippen LogP contribution in [0.4, 0.5) is 30.8 Å². The summed E-state index contributed by atoms with van der Waals surface area (Å²) in [5, 5.41) is 6.66. The van der Waals surface area contributed by atoms with Crippen LogP contribution < -0.4 is 15.4 Å². The fraction of sp³-hybridized carbons (Fsp3) is 0.238. The summed E-state index contributed by atoms with van der Waals surface area (Å²) in [5.41, 5.74) is 1.37. The second kappa shape index (κ2) is 8.62. The molecule has 1 saturated carbocycles. The smallest absolute Gasteiger partial charge is 0.422 e. The van der Waals surface area contributed by atoms with Gasteiger partial charge in [0.05, 0.1) is 5.54 Å². The van der Waals surface area contributed by atoms with E-state index in [2.05, 4.69) is 25.6 Å². The monoisotopic (exact) mass is 462 g/mol. The van der Waals surface area contributed by atoms with Crippen molar-refractivity contribution in [2.45, 2.75) is 24.6 Å². The highest BCUT2D eigenvalue weighted by atomic mass is 35.5. The highest BCUT2D eigenvalue weighted by Gasteiger charge is 2.45. The quantitative estimate of drug-likeness (QED) is 0.498. The van der Waals surface area contributed by atoms with Gasteiger partial charge in [0.1, 0.15) is 0 Å². The number of nitrogens with one attached hydrogen (secondary N) is 2. The lowest BCUT2D eigenvalue weighted by molar-refractivity contribution is -0.154. The molecule has 4 rings (SSSR count). The van der Waals surface area contributed by atoms with E-state index in [1.165, 1.54) is 12.1 Å². The number of alkyl halides is 3. The first-order valence-electron chi connectivity index (χ1n) is 9.50. The molecule has 0 spiro atoms. The van der Waals surface area contributed by atoms with E-state index < -0.39 is 24.3 Å². The van der Waals surface area contributed by atoms with Crippen molar-refractivity contribution in [2.75, 3.05) is 17.2 Å². The van der Waals surface area contributed by atoms with Gasteiger partial charge in [0.25, 0.3) is 0 Å². The Morgan fingerprint density at radius 1 is 1.00 bits per heavy atom. The molecule has 3 aromatic rings. The van der Waals surface area contributed by atoms with E-state index in [9.17, 15) is 18.0 Å². The van der Waals surface area contributed by atoms with Crippen molar-refractivity contribution in [1.82, 2.24) is 15.0 Å². The third-order valence-corrected chi connectivity index (χ3v) is 4.99. The van der Waals surface area contributed by atoms with Crippen LogP contribution >= 0.6 is 11.6 Å². The maximum atomic E-state index is 12.6. The lowest BCUT2D eigenvalue weighted by Crippen LogP contribution is -2.23. The van der Waals surface area contributed by atoms with Crippen LogP contribution in [0.1, 0.15) is 24.0 Å². The Bertz CT molecular complexity index is 1100. The zero-order chi connectivity index (χ0) is 22.8. The van der Waals surface area contributed by atoms with Gasteiger partial charge in [-0.05, 0) is 54.8 Å². The average molecular weight is 463 g/mol. The van der Waals surface area contributed by atoms with Gasteiger partial charge in [0.2, 0.25) is 18.2 Å². The molecule has 11 heteroatoms. The lowest BCUT2D eigenvalue weighted by Gasteiger charge is -2.19. The molecule has 2 aromatic carbocycles. The van der Waals surface area contributed by atoms with Gasteiger partial charge in [-0.2, -0.15) is 28.1 Å². The zero-order valence-electron chi connectivity index (χ0n) is 16.4. The second-order valence-electron chi connectivity index (χ2n) is 7.19. The molecule has 1 heterocycles. The number of ether oxygens (including phenoxy) is 1. The van der Waals surface area contributed by atoms with Crippen molar-refractivity contribution in [3.05, 3.63) is 64.7 Å². The molecule has 1 radical (unpaired) electrons. The first-order chi connectivity index (χ1) is 15.2. The van der Waals surface area contributed by atoms with Crippen LogP contribution in [0.2, 0.25) is 5.02 Å². The molecule has 32 heavy (non-hydrogen) atoms. The van der Waals surface area contributed by atoms with Gasteiger partial charge in [-0.1, -0.05) is 23.7 Å². The van der Waals surface area contributed by atoms with Crippen LogP contribution in [0.5, 0.6) is 6.01 Å². The molecule has 0 atom stereocenters. The minimum absolute atomic E-state index is 0.0191. The van der Waals surface area contributed by atoms with E-state index in [4.69, 9.17) is 16.3 Å². The minimum atomic E-state index is -4.55. The maximum Gasteiger partial charge on any atom is 0.422 e. The van der Waals surface area contributed by atoms with Crippen molar-refractivity contribution in [2.24, 2.45) is 0 Å². The summed E-state index contributed by atoms with van der Waals surface area (Å²) in [6.45, 7) is -1.54.